The lowest BCUT2D eigenvalue weighted by molar-refractivity contribution is -0.154. The van der Waals surface area contributed by atoms with Gasteiger partial charge in [-0.15, -0.1) is 0 Å². The number of nitriles is 2. The van der Waals surface area contributed by atoms with Gasteiger partial charge in [-0.2, -0.15) is 10.5 Å². The van der Waals surface area contributed by atoms with Gasteiger partial charge in [0.1, 0.15) is 23.8 Å². The number of rotatable bonds is 5. The number of hydrogen-bond acceptors (Lipinski definition) is 8. The first kappa shape index (κ1) is 30.0. The van der Waals surface area contributed by atoms with Gasteiger partial charge in [0.15, 0.2) is 14.1 Å². The Kier molecular flexibility index (Phi) is 8.29. The van der Waals surface area contributed by atoms with Crippen molar-refractivity contribution < 1.29 is 28.2 Å². The van der Waals surface area contributed by atoms with Crippen molar-refractivity contribution in [3.63, 3.8) is 0 Å². The van der Waals surface area contributed by atoms with Crippen LogP contribution in [0.2, 0.25) is 18.1 Å². The number of nitrogens with zero attached hydrogens (tertiary/aromatic N) is 2. The highest BCUT2D eigenvalue weighted by molar-refractivity contribution is 6.74. The maximum absolute atomic E-state index is 12.8. The minimum absolute atomic E-state index is 0.126. The number of alkyl carbamates (subject to hydrolysis) is 1. The predicted molar refractivity (Wildman–Crippen MR) is 135 cm³/mol. The van der Waals surface area contributed by atoms with Crippen LogP contribution in [0, 0.1) is 28.6 Å². The summed E-state index contributed by atoms with van der Waals surface area (Å²) in [4.78, 5) is 24.9. The zero-order valence-electron chi connectivity index (χ0n) is 23.4. The lowest BCUT2D eigenvalue weighted by atomic mass is 9.71. The Bertz CT molecular complexity index is 926. The van der Waals surface area contributed by atoms with Gasteiger partial charge in [0, 0.05) is 12.8 Å². The fourth-order valence-electron chi connectivity index (χ4n) is 4.48. The summed E-state index contributed by atoms with van der Waals surface area (Å²) in [6.07, 6.45) is -2.03. The van der Waals surface area contributed by atoms with E-state index in [0.717, 1.165) is 0 Å². The molecule has 0 radical (unpaired) electrons. The second-order valence-electron chi connectivity index (χ2n) is 12.7. The fraction of sp³-hybridized carbons (Fsp3) is 0.840. The highest BCUT2D eigenvalue weighted by Crippen LogP contribution is 2.48. The zero-order valence-corrected chi connectivity index (χ0v) is 24.4. The Morgan fingerprint density at radius 3 is 1.97 bits per heavy atom. The van der Waals surface area contributed by atoms with Crippen LogP contribution < -0.4 is 10.6 Å². The van der Waals surface area contributed by atoms with Crippen molar-refractivity contribution in [2.45, 2.75) is 128 Å². The van der Waals surface area contributed by atoms with Gasteiger partial charge >= 0.3 is 6.09 Å². The van der Waals surface area contributed by atoms with E-state index in [9.17, 15) is 20.1 Å². The third kappa shape index (κ3) is 6.57. The van der Waals surface area contributed by atoms with Crippen molar-refractivity contribution >= 4 is 20.3 Å². The molecule has 5 atom stereocenters. The van der Waals surface area contributed by atoms with Crippen molar-refractivity contribution in [3.05, 3.63) is 0 Å². The second kappa shape index (κ2) is 9.94. The number of nitrogens with one attached hydrogen (secondary N) is 2. The molecule has 11 heteroatoms. The van der Waals surface area contributed by atoms with Crippen molar-refractivity contribution in [2.75, 3.05) is 0 Å². The van der Waals surface area contributed by atoms with Gasteiger partial charge in [0.25, 0.3) is 0 Å². The molecule has 1 aliphatic carbocycles. The van der Waals surface area contributed by atoms with Crippen molar-refractivity contribution in [3.8, 4) is 12.1 Å². The van der Waals surface area contributed by atoms with Crippen LogP contribution >= 0.6 is 0 Å². The molecule has 2 amide bonds. The smallest absolute Gasteiger partial charge is 0.407 e. The van der Waals surface area contributed by atoms with Gasteiger partial charge in [-0.1, -0.05) is 20.8 Å². The summed E-state index contributed by atoms with van der Waals surface area (Å²) in [6, 6.07) is 2.92. The molecule has 10 nitrogen and oxygen atoms in total. The minimum Gasteiger partial charge on any atom is -0.444 e. The first-order chi connectivity index (χ1) is 16.2. The molecule has 2 fully saturated rings. The maximum atomic E-state index is 12.8. The topological polar surface area (TPSA) is 143 Å². The molecule has 0 spiro atoms. The maximum Gasteiger partial charge on any atom is 0.407 e. The Morgan fingerprint density at radius 2 is 1.53 bits per heavy atom. The summed E-state index contributed by atoms with van der Waals surface area (Å²) >= 11 is 0. The van der Waals surface area contributed by atoms with Crippen LogP contribution in [-0.2, 0) is 23.4 Å². The number of carbonyl (C=O) groups excluding carboxylic acids is 2. The van der Waals surface area contributed by atoms with E-state index in [1.54, 1.807) is 34.6 Å². The average molecular weight is 523 g/mol. The van der Waals surface area contributed by atoms with E-state index in [0.29, 0.717) is 0 Å². The molecular formula is C25H42N4O6Si. The molecule has 36 heavy (non-hydrogen) atoms. The van der Waals surface area contributed by atoms with Crippen LogP contribution in [0.1, 0.15) is 68.7 Å². The van der Waals surface area contributed by atoms with E-state index in [4.69, 9.17) is 18.6 Å². The molecule has 2 N–H and O–H groups in total. The summed E-state index contributed by atoms with van der Waals surface area (Å²) in [6.45, 7) is 20.1. The highest BCUT2D eigenvalue weighted by atomic mass is 28.4. The molecule has 2 aliphatic rings. The summed E-state index contributed by atoms with van der Waals surface area (Å²) < 4.78 is 24.4. The van der Waals surface area contributed by atoms with E-state index < -0.39 is 61.6 Å². The fourth-order valence-corrected chi connectivity index (χ4v) is 5.83. The number of carbonyl (C=O) groups is 2. The van der Waals surface area contributed by atoms with E-state index in [-0.39, 0.29) is 17.4 Å². The van der Waals surface area contributed by atoms with Crippen LogP contribution in [0.25, 0.3) is 0 Å². The molecule has 0 unspecified atom stereocenters. The Balaban J connectivity index is 2.59. The van der Waals surface area contributed by atoms with Gasteiger partial charge in [-0.05, 0) is 59.2 Å². The largest absolute Gasteiger partial charge is 0.444 e. The van der Waals surface area contributed by atoms with E-state index >= 15 is 0 Å². The molecular weight excluding hydrogens is 480 g/mol. The molecule has 1 heterocycles. The van der Waals surface area contributed by atoms with Crippen LogP contribution in [0.5, 0.6) is 0 Å². The third-order valence-electron chi connectivity index (χ3n) is 7.00. The van der Waals surface area contributed by atoms with Crippen LogP contribution in [0.3, 0.4) is 0 Å². The van der Waals surface area contributed by atoms with Gasteiger partial charge < -0.3 is 29.3 Å². The van der Waals surface area contributed by atoms with Crippen molar-refractivity contribution in [1.29, 1.82) is 10.5 Å². The summed E-state index contributed by atoms with van der Waals surface area (Å²) in [5.41, 5.74) is -2.60. The van der Waals surface area contributed by atoms with Crippen LogP contribution in [0.4, 0.5) is 4.79 Å². The van der Waals surface area contributed by atoms with Crippen molar-refractivity contribution in [1.82, 2.24) is 10.6 Å². The normalized spacial score (nSPS) is 28.3. The number of hydrogen-bond donors (Lipinski definition) is 2. The second-order valence-corrected chi connectivity index (χ2v) is 17.4. The predicted octanol–water partition coefficient (Wildman–Crippen LogP) is 3.73. The van der Waals surface area contributed by atoms with Crippen LogP contribution in [0.15, 0.2) is 0 Å². The molecule has 0 aromatic heterocycles. The Hall–Kier alpha value is -2.18. The van der Waals surface area contributed by atoms with Gasteiger partial charge in [0.05, 0.1) is 18.2 Å². The Labute approximate surface area is 216 Å². The van der Waals surface area contributed by atoms with E-state index in [2.05, 4.69) is 22.8 Å². The van der Waals surface area contributed by atoms with Gasteiger partial charge in [-0.25, -0.2) is 4.79 Å². The molecule has 0 aromatic carbocycles. The number of ether oxygens (including phenoxy) is 3. The SMILES string of the molecule is CC(=O)N[C@H]1[C@@H]2OC(C)(C)O[C@@H]2[C@@H](C(C#N)(C#N)O[Si](C)(C)C(C)(C)C)C[C@@H]1NC(=O)OC(C)(C)C. The molecule has 2 rings (SSSR count). The summed E-state index contributed by atoms with van der Waals surface area (Å²) in [5, 5.41) is 26.2. The third-order valence-corrected chi connectivity index (χ3v) is 11.4. The lowest BCUT2D eigenvalue weighted by Crippen LogP contribution is -2.68. The average Bonchev–Trinajstić information content (AvgIpc) is 3.00. The van der Waals surface area contributed by atoms with Crippen LogP contribution in [-0.4, -0.2) is 61.6 Å². The lowest BCUT2D eigenvalue weighted by Gasteiger charge is -2.48. The zero-order chi connectivity index (χ0) is 27.9. The van der Waals surface area contributed by atoms with Gasteiger partial charge in [0.2, 0.25) is 11.5 Å². The van der Waals surface area contributed by atoms with E-state index in [1.807, 2.05) is 33.9 Å². The number of amides is 2. The molecule has 0 bridgehead atoms. The first-order valence-electron chi connectivity index (χ1n) is 12.3. The molecule has 202 valence electrons. The molecule has 1 saturated carbocycles. The minimum atomic E-state index is -2.60. The molecule has 1 saturated heterocycles. The van der Waals surface area contributed by atoms with E-state index in [1.165, 1.54) is 6.92 Å². The first-order valence-corrected chi connectivity index (χ1v) is 15.2. The number of fused-ring (bicyclic) bond motifs is 1. The molecule has 1 aliphatic heterocycles. The van der Waals surface area contributed by atoms with Crippen molar-refractivity contribution in [2.24, 2.45) is 5.92 Å². The summed E-state index contributed by atoms with van der Waals surface area (Å²) in [5.74, 6) is -2.14. The molecule has 0 aromatic rings. The Morgan fingerprint density at radius 1 is 1.00 bits per heavy atom. The quantitative estimate of drug-likeness (QED) is 0.520. The summed E-state index contributed by atoms with van der Waals surface area (Å²) in [7, 11) is -2.60. The highest BCUT2D eigenvalue weighted by Gasteiger charge is 2.62. The standard InChI is InChI=1S/C25H42N4O6Si/c1-15(30)28-18-17(29-21(31)34-22(2,3)4)12-16(19-20(18)33-24(8,9)32-19)25(13-26,14-27)35-36(10,11)23(5,6)7/h16-20H,12H2,1-11H3,(H,28,30)(H,29,31)/t16-,17-,18+,19+,20-/m0/s1. The van der Waals surface area contributed by atoms with Gasteiger partial charge in [-0.3, -0.25) is 4.79 Å². The monoisotopic (exact) mass is 522 g/mol.